The fourth-order valence-electron chi connectivity index (χ4n) is 8.51. The summed E-state index contributed by atoms with van der Waals surface area (Å²) in [4.78, 5) is 15.5. The van der Waals surface area contributed by atoms with Crippen molar-refractivity contribution in [1.29, 1.82) is 0 Å². The molecule has 0 amide bonds. The second-order valence-electron chi connectivity index (χ2n) is 16.0. The normalized spacial score (nSPS) is 14.9. The van der Waals surface area contributed by atoms with Crippen molar-refractivity contribution in [3.8, 4) is 39.9 Å². The van der Waals surface area contributed by atoms with E-state index in [0.717, 1.165) is 33.2 Å². The maximum atomic E-state index is 5.18. The zero-order valence-electron chi connectivity index (χ0n) is 30.6. The van der Waals surface area contributed by atoms with Gasteiger partial charge in [0.1, 0.15) is 0 Å². The van der Waals surface area contributed by atoms with Crippen LogP contribution < -0.4 is 0 Å². The Kier molecular flexibility index (Phi) is 6.97. The highest BCUT2D eigenvalue weighted by molar-refractivity contribution is 6.10. The van der Waals surface area contributed by atoms with Crippen LogP contribution >= 0.6 is 0 Å². The van der Waals surface area contributed by atoms with Gasteiger partial charge in [0.2, 0.25) is 0 Å². The third kappa shape index (κ3) is 5.23. The van der Waals surface area contributed by atoms with Gasteiger partial charge >= 0.3 is 0 Å². The number of nitrogens with zero attached hydrogens (tertiary/aromatic N) is 4. The number of fused-ring (bicyclic) bond motifs is 6. The number of hydrogen-bond donors (Lipinski definition) is 0. The molecule has 7 aromatic carbocycles. The molecule has 0 saturated heterocycles. The van der Waals surface area contributed by atoms with Crippen molar-refractivity contribution in [3.63, 3.8) is 0 Å². The lowest BCUT2D eigenvalue weighted by Crippen LogP contribution is -2.33. The monoisotopic (exact) mass is 684 g/mol. The van der Waals surface area contributed by atoms with Gasteiger partial charge in [0.15, 0.2) is 17.5 Å². The molecule has 0 unspecified atom stereocenters. The molecule has 0 N–H and O–H groups in total. The van der Waals surface area contributed by atoms with Gasteiger partial charge in [-0.2, -0.15) is 0 Å². The molecule has 0 bridgehead atoms. The van der Waals surface area contributed by atoms with Gasteiger partial charge in [-0.05, 0) is 98.8 Å². The van der Waals surface area contributed by atoms with Crippen LogP contribution in [0.3, 0.4) is 0 Å². The van der Waals surface area contributed by atoms with E-state index in [1.54, 1.807) is 0 Å². The number of aromatic nitrogens is 4. The van der Waals surface area contributed by atoms with Crippen LogP contribution in [-0.4, -0.2) is 19.5 Å². The predicted octanol–water partition coefficient (Wildman–Crippen LogP) is 12.6. The van der Waals surface area contributed by atoms with Crippen molar-refractivity contribution < 1.29 is 0 Å². The standard InChI is InChI=1S/C49H40N4/c1-48(2)24-25-49(3,4)42-30-44-40(29-41(42)48)39-18-9-10-19-43(39)53(44)38-17-11-16-35(28-38)45-50-46(36-22-20-31-12-5-7-14-33(31)26-36)52-47(51-45)37-23-21-32-13-6-8-15-34(32)27-37/h5-23,26-30H,24-25H2,1-4H3. The summed E-state index contributed by atoms with van der Waals surface area (Å²) in [5.74, 6) is 1.96. The molecule has 1 aliphatic carbocycles. The summed E-state index contributed by atoms with van der Waals surface area (Å²) in [6.45, 7) is 9.62. The maximum absolute atomic E-state index is 5.18. The molecule has 4 nitrogen and oxygen atoms in total. The van der Waals surface area contributed by atoms with E-state index >= 15 is 0 Å². The second-order valence-corrected chi connectivity index (χ2v) is 16.0. The highest BCUT2D eigenvalue weighted by atomic mass is 15.0. The number of rotatable bonds is 4. The topological polar surface area (TPSA) is 43.6 Å². The summed E-state index contributed by atoms with van der Waals surface area (Å²) < 4.78 is 2.43. The zero-order valence-corrected chi connectivity index (χ0v) is 30.6. The third-order valence-corrected chi connectivity index (χ3v) is 11.7. The summed E-state index contributed by atoms with van der Waals surface area (Å²) in [6, 6.07) is 52.2. The first-order chi connectivity index (χ1) is 25.7. The second kappa shape index (κ2) is 11.7. The van der Waals surface area contributed by atoms with Crippen LogP contribution in [0.2, 0.25) is 0 Å². The first-order valence-corrected chi connectivity index (χ1v) is 18.7. The molecular weight excluding hydrogens is 645 g/mol. The SMILES string of the molecule is CC1(C)CCC(C)(C)c2cc3c(cc21)c1ccccc1n3-c1cccc(-c2nc(-c3ccc4ccccc4c3)nc(-c3ccc4ccccc4c3)n2)c1. The van der Waals surface area contributed by atoms with E-state index in [1.165, 1.54) is 56.5 Å². The molecule has 0 spiro atoms. The fourth-order valence-corrected chi connectivity index (χ4v) is 8.51. The van der Waals surface area contributed by atoms with Crippen LogP contribution in [-0.2, 0) is 10.8 Å². The maximum Gasteiger partial charge on any atom is 0.164 e. The molecule has 0 aliphatic heterocycles. The molecular formula is C49H40N4. The average molecular weight is 685 g/mol. The fraction of sp³-hybridized carbons (Fsp3) is 0.163. The molecule has 1 aliphatic rings. The summed E-state index contributed by atoms with van der Waals surface area (Å²) >= 11 is 0. The van der Waals surface area contributed by atoms with E-state index in [0.29, 0.717) is 17.5 Å². The van der Waals surface area contributed by atoms with Crippen LogP contribution in [0.25, 0.3) is 83.2 Å². The Bertz CT molecular complexity index is 2810. The summed E-state index contributed by atoms with van der Waals surface area (Å²) in [7, 11) is 0. The molecule has 4 heteroatoms. The Morgan fingerprint density at radius 2 is 0.925 bits per heavy atom. The minimum atomic E-state index is 0.103. The highest BCUT2D eigenvalue weighted by Crippen LogP contribution is 2.48. The number of para-hydroxylation sites is 1. The van der Waals surface area contributed by atoms with Crippen molar-refractivity contribution in [2.75, 3.05) is 0 Å². The lowest BCUT2D eigenvalue weighted by molar-refractivity contribution is 0.332. The Balaban J connectivity index is 1.18. The van der Waals surface area contributed by atoms with Crippen LogP contribution in [0.5, 0.6) is 0 Å². The highest BCUT2D eigenvalue weighted by Gasteiger charge is 2.37. The molecule has 2 aromatic heterocycles. The van der Waals surface area contributed by atoms with E-state index in [-0.39, 0.29) is 10.8 Å². The van der Waals surface area contributed by atoms with Gasteiger partial charge in [-0.1, -0.05) is 131 Å². The number of hydrogen-bond acceptors (Lipinski definition) is 3. The van der Waals surface area contributed by atoms with Gasteiger partial charge < -0.3 is 4.57 Å². The predicted molar refractivity (Wildman–Crippen MR) is 221 cm³/mol. The lowest BCUT2D eigenvalue weighted by Gasteiger charge is -2.42. The van der Waals surface area contributed by atoms with Gasteiger partial charge in [0.05, 0.1) is 11.0 Å². The van der Waals surface area contributed by atoms with Crippen molar-refractivity contribution >= 4 is 43.4 Å². The van der Waals surface area contributed by atoms with E-state index in [1.807, 2.05) is 0 Å². The molecule has 0 atom stereocenters. The van der Waals surface area contributed by atoms with E-state index in [4.69, 9.17) is 15.0 Å². The number of benzene rings is 7. The van der Waals surface area contributed by atoms with Crippen LogP contribution in [0.1, 0.15) is 51.7 Å². The average Bonchev–Trinajstić information content (AvgIpc) is 3.52. The molecule has 9 aromatic rings. The lowest BCUT2D eigenvalue weighted by atomic mass is 9.63. The molecule has 2 heterocycles. The molecule has 256 valence electrons. The van der Waals surface area contributed by atoms with Crippen molar-refractivity contribution in [1.82, 2.24) is 19.5 Å². The molecule has 10 rings (SSSR count). The van der Waals surface area contributed by atoms with Crippen molar-refractivity contribution in [2.45, 2.75) is 51.4 Å². The Hall–Kier alpha value is -6.13. The van der Waals surface area contributed by atoms with Gasteiger partial charge in [0, 0.05) is 33.2 Å². The first-order valence-electron chi connectivity index (χ1n) is 18.7. The smallest absolute Gasteiger partial charge is 0.164 e. The Morgan fingerprint density at radius 1 is 0.415 bits per heavy atom. The van der Waals surface area contributed by atoms with Gasteiger partial charge in [0.25, 0.3) is 0 Å². The Labute approximate surface area is 309 Å². The van der Waals surface area contributed by atoms with Crippen molar-refractivity contribution in [2.24, 2.45) is 0 Å². The molecule has 0 fully saturated rings. The van der Waals surface area contributed by atoms with Crippen LogP contribution in [0.15, 0.2) is 146 Å². The minimum Gasteiger partial charge on any atom is -0.309 e. The zero-order chi connectivity index (χ0) is 35.9. The largest absolute Gasteiger partial charge is 0.309 e. The summed E-state index contributed by atoms with van der Waals surface area (Å²) in [5.41, 5.74) is 9.55. The van der Waals surface area contributed by atoms with Crippen LogP contribution in [0.4, 0.5) is 0 Å². The van der Waals surface area contributed by atoms with Crippen LogP contribution in [0, 0.1) is 0 Å². The Morgan fingerprint density at radius 3 is 1.53 bits per heavy atom. The first kappa shape index (κ1) is 31.6. The van der Waals surface area contributed by atoms with Gasteiger partial charge in [-0.15, -0.1) is 0 Å². The van der Waals surface area contributed by atoms with Crippen molar-refractivity contribution in [3.05, 3.63) is 157 Å². The molecule has 0 radical (unpaired) electrons. The molecule has 0 saturated carbocycles. The van der Waals surface area contributed by atoms with Gasteiger partial charge in [-0.25, -0.2) is 15.0 Å². The summed E-state index contributed by atoms with van der Waals surface area (Å²) in [6.07, 6.45) is 2.36. The van der Waals surface area contributed by atoms with E-state index in [9.17, 15) is 0 Å². The van der Waals surface area contributed by atoms with E-state index < -0.39 is 0 Å². The van der Waals surface area contributed by atoms with E-state index in [2.05, 4.69) is 178 Å². The molecule has 53 heavy (non-hydrogen) atoms. The third-order valence-electron chi connectivity index (χ3n) is 11.7. The van der Waals surface area contributed by atoms with Gasteiger partial charge in [-0.3, -0.25) is 0 Å². The summed E-state index contributed by atoms with van der Waals surface area (Å²) in [5, 5.41) is 7.25. The quantitative estimate of drug-likeness (QED) is 0.185. The minimum absolute atomic E-state index is 0.103.